The van der Waals surface area contributed by atoms with E-state index in [-0.39, 0.29) is 5.91 Å². The zero-order chi connectivity index (χ0) is 13.1. The second kappa shape index (κ2) is 5.86. The third-order valence-corrected chi connectivity index (χ3v) is 4.73. The van der Waals surface area contributed by atoms with E-state index in [0.717, 1.165) is 31.0 Å². The number of hydrogen-bond donors (Lipinski definition) is 2. The molecule has 104 valence electrons. The summed E-state index contributed by atoms with van der Waals surface area (Å²) in [6.45, 7) is 1.32. The van der Waals surface area contributed by atoms with Gasteiger partial charge in [-0.2, -0.15) is 16.9 Å². The van der Waals surface area contributed by atoms with Crippen LogP contribution < -0.4 is 10.6 Å². The fourth-order valence-corrected chi connectivity index (χ4v) is 3.48. The van der Waals surface area contributed by atoms with Crippen LogP contribution >= 0.6 is 11.8 Å². The van der Waals surface area contributed by atoms with Gasteiger partial charge in [0.15, 0.2) is 0 Å². The van der Waals surface area contributed by atoms with Crippen molar-refractivity contribution in [2.45, 2.75) is 31.8 Å². The van der Waals surface area contributed by atoms with E-state index in [1.54, 1.807) is 10.9 Å². The molecule has 0 spiro atoms. The largest absolute Gasteiger partial charge is 0.382 e. The van der Waals surface area contributed by atoms with Crippen LogP contribution in [0.5, 0.6) is 0 Å². The number of rotatable bonds is 6. The number of amides is 1. The summed E-state index contributed by atoms with van der Waals surface area (Å²) >= 11 is 2.03. The molecular weight excluding hydrogens is 260 g/mol. The Hall–Kier alpha value is -1.17. The highest BCUT2D eigenvalue weighted by molar-refractivity contribution is 7.99. The third-order valence-electron chi connectivity index (χ3n) is 3.50. The molecule has 1 aromatic rings. The van der Waals surface area contributed by atoms with Crippen LogP contribution in [0.2, 0.25) is 0 Å². The summed E-state index contributed by atoms with van der Waals surface area (Å²) in [6, 6.07) is 0.417. The van der Waals surface area contributed by atoms with Gasteiger partial charge >= 0.3 is 0 Å². The Morgan fingerprint density at radius 2 is 2.37 bits per heavy atom. The Bertz CT molecular complexity index is 438. The number of nitrogens with zero attached hydrogens (tertiary/aromatic N) is 2. The molecule has 5 nitrogen and oxygen atoms in total. The Kier molecular flexibility index (Phi) is 3.96. The monoisotopic (exact) mass is 280 g/mol. The number of nitrogens with one attached hydrogen (secondary N) is 2. The average molecular weight is 280 g/mol. The molecule has 3 rings (SSSR count). The van der Waals surface area contributed by atoms with Crippen molar-refractivity contribution >= 4 is 23.4 Å². The normalized spacial score (nSPS) is 22.4. The van der Waals surface area contributed by atoms with Crippen molar-refractivity contribution in [2.75, 3.05) is 23.4 Å². The van der Waals surface area contributed by atoms with Crippen molar-refractivity contribution in [1.29, 1.82) is 0 Å². The van der Waals surface area contributed by atoms with Crippen LogP contribution in [0.4, 0.5) is 5.69 Å². The van der Waals surface area contributed by atoms with Gasteiger partial charge < -0.3 is 10.6 Å². The lowest BCUT2D eigenvalue weighted by molar-refractivity contribution is -0.122. The zero-order valence-electron chi connectivity index (χ0n) is 11.0. The molecule has 1 aromatic heterocycles. The van der Waals surface area contributed by atoms with E-state index in [1.807, 2.05) is 18.0 Å². The van der Waals surface area contributed by atoms with E-state index in [1.165, 1.54) is 17.9 Å². The fraction of sp³-hybridized carbons (Fsp3) is 0.692. The van der Waals surface area contributed by atoms with Crippen LogP contribution in [0.15, 0.2) is 12.4 Å². The molecule has 1 atom stereocenters. The first-order valence-corrected chi connectivity index (χ1v) is 8.08. The van der Waals surface area contributed by atoms with Crippen molar-refractivity contribution in [3.8, 4) is 0 Å². The van der Waals surface area contributed by atoms with E-state index in [2.05, 4.69) is 15.7 Å². The highest BCUT2D eigenvalue weighted by Crippen LogP contribution is 2.23. The van der Waals surface area contributed by atoms with E-state index in [0.29, 0.717) is 12.6 Å². The molecule has 2 fully saturated rings. The number of hydrogen-bond acceptors (Lipinski definition) is 4. The average Bonchev–Trinajstić information content (AvgIpc) is 2.91. The lowest BCUT2D eigenvalue weighted by Crippen LogP contribution is -2.29. The van der Waals surface area contributed by atoms with Gasteiger partial charge in [0.25, 0.3) is 0 Å². The quantitative estimate of drug-likeness (QED) is 0.825. The molecule has 0 radical (unpaired) electrons. The summed E-state index contributed by atoms with van der Waals surface area (Å²) in [5.74, 6) is 3.37. The number of carbonyl (C=O) groups excluding carboxylic acids is 1. The summed E-state index contributed by atoms with van der Waals surface area (Å²) in [6.07, 6.45) is 7.25. The maximum absolute atomic E-state index is 11.6. The summed E-state index contributed by atoms with van der Waals surface area (Å²) < 4.78 is 1.70. The van der Waals surface area contributed by atoms with Gasteiger partial charge in [-0.1, -0.05) is 0 Å². The molecule has 19 heavy (non-hydrogen) atoms. The molecule has 2 N–H and O–H groups in total. The van der Waals surface area contributed by atoms with Crippen molar-refractivity contribution < 1.29 is 4.79 Å². The predicted molar refractivity (Wildman–Crippen MR) is 77.3 cm³/mol. The van der Waals surface area contributed by atoms with Gasteiger partial charge in [0, 0.05) is 18.8 Å². The van der Waals surface area contributed by atoms with Crippen LogP contribution in [-0.2, 0) is 11.3 Å². The molecule has 1 saturated carbocycles. The van der Waals surface area contributed by atoms with E-state index < -0.39 is 0 Å². The van der Waals surface area contributed by atoms with Crippen LogP contribution in [-0.4, -0.2) is 39.8 Å². The van der Waals surface area contributed by atoms with Crippen molar-refractivity contribution in [3.63, 3.8) is 0 Å². The number of anilines is 1. The summed E-state index contributed by atoms with van der Waals surface area (Å²) in [5, 5.41) is 10.6. The minimum atomic E-state index is 0.0596. The Labute approximate surface area is 117 Å². The zero-order valence-corrected chi connectivity index (χ0v) is 11.8. The topological polar surface area (TPSA) is 59.0 Å². The highest BCUT2D eigenvalue weighted by atomic mass is 32.2. The third kappa shape index (κ3) is 3.89. The molecular formula is C13H20N4OS. The van der Waals surface area contributed by atoms with Gasteiger partial charge in [-0.15, -0.1) is 0 Å². The molecule has 1 aliphatic carbocycles. The van der Waals surface area contributed by atoms with Crippen LogP contribution in [0.1, 0.15) is 19.3 Å². The van der Waals surface area contributed by atoms with Gasteiger partial charge in [-0.3, -0.25) is 9.48 Å². The SMILES string of the molecule is O=C(Cn1cc(NCC2CCSC2)cn1)NC1CC1. The summed E-state index contributed by atoms with van der Waals surface area (Å²) in [7, 11) is 0. The molecule has 1 aliphatic heterocycles. The van der Waals surface area contributed by atoms with Crippen molar-refractivity contribution in [1.82, 2.24) is 15.1 Å². The molecule has 2 aliphatic rings. The van der Waals surface area contributed by atoms with Crippen LogP contribution in [0.25, 0.3) is 0 Å². The van der Waals surface area contributed by atoms with Crippen molar-refractivity contribution in [2.24, 2.45) is 5.92 Å². The van der Waals surface area contributed by atoms with Crippen LogP contribution in [0.3, 0.4) is 0 Å². The molecule has 0 bridgehead atoms. The first kappa shape index (κ1) is 12.8. The maximum atomic E-state index is 11.6. The highest BCUT2D eigenvalue weighted by Gasteiger charge is 2.23. The number of aromatic nitrogens is 2. The van der Waals surface area contributed by atoms with Gasteiger partial charge in [0.05, 0.1) is 11.9 Å². The van der Waals surface area contributed by atoms with Crippen molar-refractivity contribution in [3.05, 3.63) is 12.4 Å². The van der Waals surface area contributed by atoms with E-state index in [9.17, 15) is 4.79 Å². The van der Waals surface area contributed by atoms with Gasteiger partial charge in [-0.05, 0) is 36.7 Å². The molecule has 1 saturated heterocycles. The van der Waals surface area contributed by atoms with Crippen LogP contribution in [0, 0.1) is 5.92 Å². The molecule has 1 unspecified atom stereocenters. The Morgan fingerprint density at radius 1 is 1.47 bits per heavy atom. The smallest absolute Gasteiger partial charge is 0.241 e. The fourth-order valence-electron chi connectivity index (χ4n) is 2.20. The first-order chi connectivity index (χ1) is 9.29. The van der Waals surface area contributed by atoms with Gasteiger partial charge in [0.1, 0.15) is 6.54 Å². The molecule has 6 heteroatoms. The minimum Gasteiger partial charge on any atom is -0.382 e. The predicted octanol–water partition coefficient (Wildman–Crippen LogP) is 1.33. The summed E-state index contributed by atoms with van der Waals surface area (Å²) in [5.41, 5.74) is 1.01. The van der Waals surface area contributed by atoms with Gasteiger partial charge in [0.2, 0.25) is 5.91 Å². The standard InChI is InChI=1S/C13H20N4OS/c18-13(16-11-1-2-11)8-17-7-12(6-15-17)14-5-10-3-4-19-9-10/h6-7,10-11,14H,1-5,8-9H2,(H,16,18). The Morgan fingerprint density at radius 3 is 3.11 bits per heavy atom. The first-order valence-electron chi connectivity index (χ1n) is 6.93. The molecule has 0 aromatic carbocycles. The van der Waals surface area contributed by atoms with E-state index >= 15 is 0 Å². The lowest BCUT2D eigenvalue weighted by Gasteiger charge is -2.08. The maximum Gasteiger partial charge on any atom is 0.241 e. The second-order valence-corrected chi connectivity index (χ2v) is 6.53. The number of carbonyl (C=O) groups is 1. The van der Waals surface area contributed by atoms with E-state index in [4.69, 9.17) is 0 Å². The Balaban J connectivity index is 1.43. The minimum absolute atomic E-state index is 0.0596. The van der Waals surface area contributed by atoms with Gasteiger partial charge in [-0.25, -0.2) is 0 Å². The second-order valence-electron chi connectivity index (χ2n) is 5.38. The summed E-state index contributed by atoms with van der Waals surface area (Å²) in [4.78, 5) is 11.6. The number of thioether (sulfide) groups is 1. The molecule has 1 amide bonds. The lowest BCUT2D eigenvalue weighted by atomic mass is 10.1. The molecule has 2 heterocycles.